The lowest BCUT2D eigenvalue weighted by Gasteiger charge is -2.10. The first-order valence-electron chi connectivity index (χ1n) is 8.62. The van der Waals surface area contributed by atoms with E-state index in [1.54, 1.807) is 6.20 Å². The molecule has 0 radical (unpaired) electrons. The molecule has 132 valence electrons. The molecule has 5 heteroatoms. The largest absolute Gasteiger partial charge is 0.339 e. The van der Waals surface area contributed by atoms with E-state index in [0.717, 1.165) is 28.9 Å². The Balaban J connectivity index is 1.71. The van der Waals surface area contributed by atoms with Gasteiger partial charge >= 0.3 is 0 Å². The molecule has 0 aliphatic carbocycles. The van der Waals surface area contributed by atoms with Crippen molar-refractivity contribution in [3.05, 3.63) is 77.2 Å². The molecular weight excluding hydrogens is 324 g/mol. The predicted molar refractivity (Wildman–Crippen MR) is 105 cm³/mol. The third kappa shape index (κ3) is 4.25. The van der Waals surface area contributed by atoms with Crippen LogP contribution in [0.4, 0.5) is 17.2 Å². The zero-order valence-corrected chi connectivity index (χ0v) is 15.2. The SMILES string of the molecule is CCc1ccccc1Nc1cnc(C(=O)Nc2cc(C)cc(C)c2)cn1. The van der Waals surface area contributed by atoms with E-state index in [1.165, 1.54) is 11.8 Å². The maximum Gasteiger partial charge on any atom is 0.275 e. The van der Waals surface area contributed by atoms with Crippen LogP contribution in [0.5, 0.6) is 0 Å². The minimum Gasteiger partial charge on any atom is -0.339 e. The van der Waals surface area contributed by atoms with E-state index in [4.69, 9.17) is 0 Å². The highest BCUT2D eigenvalue weighted by atomic mass is 16.1. The normalized spacial score (nSPS) is 10.4. The van der Waals surface area contributed by atoms with Crippen molar-refractivity contribution in [3.8, 4) is 0 Å². The number of aromatic nitrogens is 2. The Morgan fingerprint density at radius 1 is 1.00 bits per heavy atom. The summed E-state index contributed by atoms with van der Waals surface area (Å²) >= 11 is 0. The number of amides is 1. The Morgan fingerprint density at radius 2 is 1.73 bits per heavy atom. The number of para-hydroxylation sites is 1. The first-order valence-corrected chi connectivity index (χ1v) is 8.62. The third-order valence-electron chi connectivity index (χ3n) is 4.03. The van der Waals surface area contributed by atoms with E-state index in [0.29, 0.717) is 5.82 Å². The maximum absolute atomic E-state index is 12.4. The minimum absolute atomic E-state index is 0.275. The van der Waals surface area contributed by atoms with Crippen LogP contribution in [0.2, 0.25) is 0 Å². The third-order valence-corrected chi connectivity index (χ3v) is 4.03. The van der Waals surface area contributed by atoms with Gasteiger partial charge in [-0.25, -0.2) is 9.97 Å². The van der Waals surface area contributed by atoms with Gasteiger partial charge in [0.15, 0.2) is 0 Å². The van der Waals surface area contributed by atoms with Crippen LogP contribution in [0.1, 0.15) is 34.1 Å². The van der Waals surface area contributed by atoms with E-state index in [2.05, 4.69) is 39.7 Å². The summed E-state index contributed by atoms with van der Waals surface area (Å²) in [6.45, 7) is 6.10. The number of nitrogens with one attached hydrogen (secondary N) is 2. The first kappa shape index (κ1) is 17.6. The van der Waals surface area contributed by atoms with Gasteiger partial charge < -0.3 is 10.6 Å². The number of aryl methyl sites for hydroxylation is 3. The maximum atomic E-state index is 12.4. The number of carbonyl (C=O) groups excluding carboxylic acids is 1. The van der Waals surface area contributed by atoms with Crippen molar-refractivity contribution < 1.29 is 4.79 Å². The molecule has 1 amide bonds. The molecule has 0 fully saturated rings. The van der Waals surface area contributed by atoms with Crippen LogP contribution in [0, 0.1) is 13.8 Å². The van der Waals surface area contributed by atoms with Gasteiger partial charge in [0, 0.05) is 11.4 Å². The number of nitrogens with zero attached hydrogens (tertiary/aromatic N) is 2. The van der Waals surface area contributed by atoms with Crippen LogP contribution in [-0.4, -0.2) is 15.9 Å². The molecule has 5 nitrogen and oxygen atoms in total. The summed E-state index contributed by atoms with van der Waals surface area (Å²) in [5.74, 6) is 0.330. The van der Waals surface area contributed by atoms with E-state index >= 15 is 0 Å². The van der Waals surface area contributed by atoms with Crippen molar-refractivity contribution in [1.82, 2.24) is 9.97 Å². The second kappa shape index (κ2) is 7.78. The number of anilines is 3. The molecule has 0 bridgehead atoms. The van der Waals surface area contributed by atoms with Crippen molar-refractivity contribution in [1.29, 1.82) is 0 Å². The van der Waals surface area contributed by atoms with Gasteiger partial charge in [-0.15, -0.1) is 0 Å². The highest BCUT2D eigenvalue weighted by molar-refractivity contribution is 6.02. The fourth-order valence-corrected chi connectivity index (χ4v) is 2.84. The van der Waals surface area contributed by atoms with Gasteiger partial charge in [-0.1, -0.05) is 31.2 Å². The van der Waals surface area contributed by atoms with Gasteiger partial charge in [-0.2, -0.15) is 0 Å². The van der Waals surface area contributed by atoms with Gasteiger partial charge in [0.05, 0.1) is 12.4 Å². The Bertz CT molecular complexity index is 899. The van der Waals surface area contributed by atoms with Gasteiger partial charge in [-0.05, 0) is 55.2 Å². The lowest BCUT2D eigenvalue weighted by atomic mass is 10.1. The highest BCUT2D eigenvalue weighted by Gasteiger charge is 2.10. The highest BCUT2D eigenvalue weighted by Crippen LogP contribution is 2.20. The summed E-state index contributed by atoms with van der Waals surface area (Å²) in [6, 6.07) is 14.0. The Morgan fingerprint density at radius 3 is 2.38 bits per heavy atom. The van der Waals surface area contributed by atoms with Gasteiger partial charge in [0.1, 0.15) is 11.5 Å². The van der Waals surface area contributed by atoms with Crippen molar-refractivity contribution in [2.24, 2.45) is 0 Å². The topological polar surface area (TPSA) is 66.9 Å². The van der Waals surface area contributed by atoms with Crippen molar-refractivity contribution in [2.45, 2.75) is 27.2 Å². The van der Waals surface area contributed by atoms with E-state index in [-0.39, 0.29) is 11.6 Å². The summed E-state index contributed by atoms with van der Waals surface area (Å²) in [5, 5.41) is 6.11. The molecule has 2 N–H and O–H groups in total. The Labute approximate surface area is 153 Å². The average molecular weight is 346 g/mol. The van der Waals surface area contributed by atoms with Crippen LogP contribution in [0.15, 0.2) is 54.9 Å². The molecule has 3 rings (SSSR count). The predicted octanol–water partition coefficient (Wildman–Crippen LogP) is 4.65. The Kier molecular flexibility index (Phi) is 5.27. The molecule has 1 aromatic heterocycles. The standard InChI is InChI=1S/C21H22N4O/c1-4-16-7-5-6-8-18(16)25-20-13-22-19(12-23-20)21(26)24-17-10-14(2)9-15(3)11-17/h5-13H,4H2,1-3H3,(H,23,25)(H,24,26). The quantitative estimate of drug-likeness (QED) is 0.705. The van der Waals surface area contributed by atoms with Crippen molar-refractivity contribution >= 4 is 23.1 Å². The van der Waals surface area contributed by atoms with Gasteiger partial charge in [-0.3, -0.25) is 4.79 Å². The molecule has 0 unspecified atom stereocenters. The average Bonchev–Trinajstić information content (AvgIpc) is 2.62. The van der Waals surface area contributed by atoms with Crippen LogP contribution in [-0.2, 0) is 6.42 Å². The molecule has 1 heterocycles. The minimum atomic E-state index is -0.275. The Hall–Kier alpha value is -3.21. The second-order valence-corrected chi connectivity index (χ2v) is 6.25. The molecule has 3 aromatic rings. The second-order valence-electron chi connectivity index (χ2n) is 6.25. The first-order chi connectivity index (χ1) is 12.5. The molecule has 2 aromatic carbocycles. The summed E-state index contributed by atoms with van der Waals surface area (Å²) in [4.78, 5) is 20.9. The summed E-state index contributed by atoms with van der Waals surface area (Å²) in [6.07, 6.45) is 3.98. The van der Waals surface area contributed by atoms with Gasteiger partial charge in [0.2, 0.25) is 0 Å². The van der Waals surface area contributed by atoms with Crippen LogP contribution in [0.25, 0.3) is 0 Å². The number of hydrogen-bond acceptors (Lipinski definition) is 4. The molecule has 0 saturated carbocycles. The van der Waals surface area contributed by atoms with Crippen molar-refractivity contribution in [2.75, 3.05) is 10.6 Å². The van der Waals surface area contributed by atoms with Crippen LogP contribution < -0.4 is 10.6 Å². The molecule has 0 saturated heterocycles. The van der Waals surface area contributed by atoms with E-state index in [1.807, 2.05) is 44.2 Å². The summed E-state index contributed by atoms with van der Waals surface area (Å²) in [7, 11) is 0. The lowest BCUT2D eigenvalue weighted by molar-refractivity contribution is 0.102. The number of benzene rings is 2. The van der Waals surface area contributed by atoms with Crippen LogP contribution >= 0.6 is 0 Å². The fraction of sp³-hybridized carbons (Fsp3) is 0.190. The molecule has 26 heavy (non-hydrogen) atoms. The molecule has 0 aliphatic rings. The molecule has 0 atom stereocenters. The van der Waals surface area contributed by atoms with Gasteiger partial charge in [0.25, 0.3) is 5.91 Å². The molecule has 0 spiro atoms. The number of rotatable bonds is 5. The smallest absolute Gasteiger partial charge is 0.275 e. The zero-order chi connectivity index (χ0) is 18.5. The fourth-order valence-electron chi connectivity index (χ4n) is 2.84. The monoisotopic (exact) mass is 346 g/mol. The summed E-state index contributed by atoms with van der Waals surface area (Å²) in [5.41, 5.74) is 5.43. The van der Waals surface area contributed by atoms with Crippen molar-refractivity contribution in [3.63, 3.8) is 0 Å². The van der Waals surface area contributed by atoms with E-state index < -0.39 is 0 Å². The molecular formula is C21H22N4O. The summed E-state index contributed by atoms with van der Waals surface area (Å²) < 4.78 is 0. The van der Waals surface area contributed by atoms with Crippen LogP contribution in [0.3, 0.4) is 0 Å². The number of carbonyl (C=O) groups is 1. The molecule has 0 aliphatic heterocycles. The van der Waals surface area contributed by atoms with E-state index in [9.17, 15) is 4.79 Å². The zero-order valence-electron chi connectivity index (χ0n) is 15.2. The number of hydrogen-bond donors (Lipinski definition) is 2. The lowest BCUT2D eigenvalue weighted by Crippen LogP contribution is -2.14.